The van der Waals surface area contributed by atoms with Gasteiger partial charge in [0.05, 0.1) is 29.3 Å². The van der Waals surface area contributed by atoms with Gasteiger partial charge in [-0.1, -0.05) is 128 Å². The maximum absolute atomic E-state index is 9.62. The van der Waals surface area contributed by atoms with Gasteiger partial charge < -0.3 is 19.8 Å². The Morgan fingerprint density at radius 2 is 1.67 bits per heavy atom. The van der Waals surface area contributed by atoms with Crippen LogP contribution in [0.5, 0.6) is 0 Å². The number of hydrogen-bond acceptors (Lipinski definition) is 3. The van der Waals surface area contributed by atoms with E-state index in [9.17, 15) is 5.41 Å². The fraction of sp³-hybridized carbons (Fsp3) is 0.246. The molecule has 5 unspecified atom stereocenters. The first-order chi connectivity index (χ1) is 30.1. The van der Waals surface area contributed by atoms with Crippen molar-refractivity contribution >= 4 is 38.8 Å². The highest BCUT2D eigenvalue weighted by Gasteiger charge is 2.53. The standard InChI is InChI=1S/C57H52N4/c1-37(14-12-17-38-15-4-2-5-16-38)54(35-51(58)46-24-13-19-39-18-8-9-22-45(39)46)59-36-57(59)61-53-29-27-40(31-49(53)50-32-42-30-43(42)34-56(50)61)41-26-28-48-47-23-10-11-25-52(47)60(55(48)33-41)44-20-6-3-7-21-44/h2-8,10-12,14-15,17-21,23,25-29,31-33,35,37,42-43,56-58H,9,13,16,22,24,30,34,36H2,1H3/b14-12-,38-17-,54-35-,58-51?. The summed E-state index contributed by atoms with van der Waals surface area (Å²) in [6.45, 7) is 3.30. The summed E-state index contributed by atoms with van der Waals surface area (Å²) in [5, 5.41) is 12.2. The van der Waals surface area contributed by atoms with Crippen molar-refractivity contribution in [3.63, 3.8) is 0 Å². The van der Waals surface area contributed by atoms with E-state index in [1.165, 1.54) is 96.3 Å². The molecule has 1 saturated heterocycles. The van der Waals surface area contributed by atoms with Crippen LogP contribution in [0.25, 0.3) is 44.2 Å². The number of hydrogen-bond donors (Lipinski definition) is 1. The molecule has 7 aliphatic rings. The molecular weight excluding hydrogens is 741 g/mol. The zero-order valence-electron chi connectivity index (χ0n) is 35.0. The second-order valence-corrected chi connectivity index (χ2v) is 18.2. The summed E-state index contributed by atoms with van der Waals surface area (Å²) in [5.74, 6) is 1.69. The van der Waals surface area contributed by atoms with Gasteiger partial charge in [0.1, 0.15) is 6.17 Å². The Balaban J connectivity index is 0.906. The van der Waals surface area contributed by atoms with Crippen LogP contribution < -0.4 is 4.90 Å². The Morgan fingerprint density at radius 1 is 0.820 bits per heavy atom. The van der Waals surface area contributed by atoms with Gasteiger partial charge in [0.15, 0.2) is 0 Å². The van der Waals surface area contributed by atoms with Crippen molar-refractivity contribution in [1.29, 1.82) is 5.41 Å². The molecule has 4 nitrogen and oxygen atoms in total. The predicted octanol–water partition coefficient (Wildman–Crippen LogP) is 13.6. The SMILES string of the molecule is CC(/C=C\C=C1\C=CC=CC1)/C(=C/C(=N)C1=C2CCC=CC2=CCC1)N1CC1N1c2ccc(-c3ccc4c5ccccc5n(-c5ccccc5)c4c3)cc2C2=CC3CC3CC21. The summed E-state index contributed by atoms with van der Waals surface area (Å²) >= 11 is 0. The maximum atomic E-state index is 9.62. The Bertz CT molecular complexity index is 2940. The van der Waals surface area contributed by atoms with Gasteiger partial charge in [-0.2, -0.15) is 0 Å². The summed E-state index contributed by atoms with van der Waals surface area (Å²) in [5.41, 5.74) is 17.8. The highest BCUT2D eigenvalue weighted by atomic mass is 15.5. The summed E-state index contributed by atoms with van der Waals surface area (Å²) in [6, 6.07) is 34.3. The van der Waals surface area contributed by atoms with Gasteiger partial charge in [-0.3, -0.25) is 0 Å². The molecule has 0 spiro atoms. The van der Waals surface area contributed by atoms with Crippen LogP contribution in [-0.4, -0.2) is 33.9 Å². The van der Waals surface area contributed by atoms with E-state index in [1.54, 1.807) is 0 Å². The van der Waals surface area contributed by atoms with Gasteiger partial charge in [0.2, 0.25) is 0 Å². The molecule has 5 atom stereocenters. The van der Waals surface area contributed by atoms with Crippen molar-refractivity contribution in [2.75, 3.05) is 11.4 Å². The van der Waals surface area contributed by atoms with Gasteiger partial charge in [-0.05, 0) is 138 Å². The summed E-state index contributed by atoms with van der Waals surface area (Å²) in [7, 11) is 0. The molecule has 5 aromatic rings. The molecular formula is C57H52N4. The van der Waals surface area contributed by atoms with Crippen LogP contribution in [0.15, 0.2) is 192 Å². The smallest absolute Gasteiger partial charge is 0.120 e. The second kappa shape index (κ2) is 14.7. The van der Waals surface area contributed by atoms with Gasteiger partial charge in [-0.15, -0.1) is 0 Å². The molecule has 1 saturated carbocycles. The third-order valence-corrected chi connectivity index (χ3v) is 14.5. The second-order valence-electron chi connectivity index (χ2n) is 18.2. The third kappa shape index (κ3) is 6.38. The molecule has 1 N–H and O–H groups in total. The van der Waals surface area contributed by atoms with Gasteiger partial charge in [0, 0.05) is 39.3 Å². The lowest BCUT2D eigenvalue weighted by molar-refractivity contribution is 0.503. The first kappa shape index (κ1) is 36.5. The molecule has 12 rings (SSSR count). The Morgan fingerprint density at radius 3 is 2.57 bits per heavy atom. The minimum atomic E-state index is 0.167. The number of allylic oxidation sites excluding steroid dienone is 16. The first-order valence-electron chi connectivity index (χ1n) is 22.7. The van der Waals surface area contributed by atoms with Crippen LogP contribution in [0.4, 0.5) is 5.69 Å². The van der Waals surface area contributed by atoms with E-state index in [0.717, 1.165) is 50.5 Å². The van der Waals surface area contributed by atoms with E-state index < -0.39 is 0 Å². The van der Waals surface area contributed by atoms with E-state index in [1.807, 2.05) is 0 Å². The van der Waals surface area contributed by atoms with Crippen molar-refractivity contribution in [3.8, 4) is 16.8 Å². The van der Waals surface area contributed by atoms with Gasteiger partial charge in [0.25, 0.3) is 0 Å². The monoisotopic (exact) mass is 792 g/mol. The molecule has 4 aromatic carbocycles. The molecule has 2 aliphatic heterocycles. The predicted molar refractivity (Wildman–Crippen MR) is 255 cm³/mol. The fourth-order valence-corrected chi connectivity index (χ4v) is 11.2. The number of nitrogens with zero attached hydrogens (tertiary/aromatic N) is 3. The molecule has 0 bridgehead atoms. The normalized spacial score (nSPS) is 24.9. The third-order valence-electron chi connectivity index (χ3n) is 14.5. The molecule has 2 fully saturated rings. The lowest BCUT2D eigenvalue weighted by Crippen LogP contribution is -2.37. The molecule has 0 amide bonds. The number of rotatable bonds is 9. The average Bonchev–Trinajstić information content (AvgIpc) is 4.22. The Labute approximate surface area is 359 Å². The van der Waals surface area contributed by atoms with E-state index >= 15 is 0 Å². The summed E-state index contributed by atoms with van der Waals surface area (Å²) in [4.78, 5) is 5.39. The zero-order valence-corrected chi connectivity index (χ0v) is 35.0. The molecule has 3 heterocycles. The van der Waals surface area contributed by atoms with Crippen molar-refractivity contribution < 1.29 is 0 Å². The Hall–Kier alpha value is -6.39. The van der Waals surface area contributed by atoms with E-state index in [-0.39, 0.29) is 12.1 Å². The molecule has 61 heavy (non-hydrogen) atoms. The van der Waals surface area contributed by atoms with E-state index in [4.69, 9.17) is 0 Å². The summed E-state index contributed by atoms with van der Waals surface area (Å²) in [6.07, 6.45) is 35.2. The van der Waals surface area contributed by atoms with Crippen LogP contribution in [0.3, 0.4) is 0 Å². The minimum absolute atomic E-state index is 0.167. The lowest BCUT2D eigenvalue weighted by Gasteiger charge is -2.31. The highest BCUT2D eigenvalue weighted by Crippen LogP contribution is 2.58. The number of aromatic nitrogens is 1. The van der Waals surface area contributed by atoms with Crippen LogP contribution in [0.1, 0.15) is 57.4 Å². The number of benzene rings is 4. The van der Waals surface area contributed by atoms with Crippen molar-refractivity contribution in [1.82, 2.24) is 9.47 Å². The van der Waals surface area contributed by atoms with Crippen LogP contribution in [0.2, 0.25) is 0 Å². The van der Waals surface area contributed by atoms with Crippen molar-refractivity contribution in [3.05, 3.63) is 197 Å². The van der Waals surface area contributed by atoms with Crippen molar-refractivity contribution in [2.24, 2.45) is 17.8 Å². The molecule has 1 aromatic heterocycles. The molecule has 5 aliphatic carbocycles. The molecule has 4 heteroatoms. The van der Waals surface area contributed by atoms with Gasteiger partial charge >= 0.3 is 0 Å². The minimum Gasteiger partial charge on any atom is -0.348 e. The van der Waals surface area contributed by atoms with Crippen molar-refractivity contribution in [2.45, 2.75) is 64.1 Å². The largest absolute Gasteiger partial charge is 0.348 e. The lowest BCUT2D eigenvalue weighted by atomic mass is 9.82. The van der Waals surface area contributed by atoms with Gasteiger partial charge in [-0.25, -0.2) is 0 Å². The number of para-hydroxylation sites is 2. The quantitative estimate of drug-likeness (QED) is 0.119. The molecule has 0 radical (unpaired) electrons. The fourth-order valence-electron chi connectivity index (χ4n) is 11.2. The van der Waals surface area contributed by atoms with E-state index in [2.05, 4.69) is 185 Å². The topological polar surface area (TPSA) is 35.0 Å². The number of fused-ring (bicyclic) bond motifs is 8. The number of nitrogens with one attached hydrogen (secondary N) is 1. The summed E-state index contributed by atoms with van der Waals surface area (Å²) < 4.78 is 2.42. The Kier molecular flexibility index (Phi) is 8.76. The van der Waals surface area contributed by atoms with Crippen LogP contribution in [-0.2, 0) is 0 Å². The number of anilines is 1. The first-order valence-corrected chi connectivity index (χ1v) is 22.7. The highest BCUT2D eigenvalue weighted by molar-refractivity contribution is 6.10. The maximum Gasteiger partial charge on any atom is 0.120 e. The molecule has 300 valence electrons. The van der Waals surface area contributed by atoms with E-state index in [0.29, 0.717) is 11.8 Å². The average molecular weight is 793 g/mol. The van der Waals surface area contributed by atoms with Crippen LogP contribution in [0, 0.1) is 23.2 Å². The van der Waals surface area contributed by atoms with Crippen LogP contribution >= 0.6 is 0 Å². The zero-order chi connectivity index (χ0) is 40.6.